The summed E-state index contributed by atoms with van der Waals surface area (Å²) < 4.78 is 5.39. The highest BCUT2D eigenvalue weighted by Gasteiger charge is 2.25. The van der Waals surface area contributed by atoms with E-state index in [0.717, 1.165) is 12.3 Å². The van der Waals surface area contributed by atoms with Gasteiger partial charge in [-0.05, 0) is 36.6 Å². The molecule has 1 N–H and O–H groups in total. The van der Waals surface area contributed by atoms with Crippen LogP contribution in [0.3, 0.4) is 0 Å². The van der Waals surface area contributed by atoms with Crippen molar-refractivity contribution in [3.05, 3.63) is 59.5 Å². The van der Waals surface area contributed by atoms with Gasteiger partial charge < -0.3 is 9.73 Å². The van der Waals surface area contributed by atoms with Crippen molar-refractivity contribution >= 4 is 0 Å². The first kappa shape index (κ1) is 10.6. The van der Waals surface area contributed by atoms with Crippen molar-refractivity contribution < 1.29 is 4.42 Å². The van der Waals surface area contributed by atoms with Gasteiger partial charge in [-0.3, -0.25) is 0 Å². The number of fused-ring (bicyclic) bond motifs is 1. The van der Waals surface area contributed by atoms with Crippen molar-refractivity contribution in [2.75, 3.05) is 6.54 Å². The average molecular weight is 227 g/mol. The first-order valence-corrected chi connectivity index (χ1v) is 6.19. The number of rotatable bonds is 4. The van der Waals surface area contributed by atoms with Crippen LogP contribution in [0.5, 0.6) is 0 Å². The lowest BCUT2D eigenvalue weighted by Crippen LogP contribution is -2.30. The summed E-state index contributed by atoms with van der Waals surface area (Å²) in [6.07, 6.45) is 2.93. The maximum atomic E-state index is 5.39. The van der Waals surface area contributed by atoms with Crippen LogP contribution in [-0.2, 0) is 6.42 Å². The minimum atomic E-state index is 0.290. The number of benzene rings is 1. The topological polar surface area (TPSA) is 25.2 Å². The molecule has 88 valence electrons. The van der Waals surface area contributed by atoms with E-state index in [1.54, 1.807) is 6.26 Å². The van der Waals surface area contributed by atoms with Gasteiger partial charge >= 0.3 is 0 Å². The highest BCUT2D eigenvalue weighted by atomic mass is 16.3. The fraction of sp³-hybridized carbons (Fsp3) is 0.333. The minimum Gasteiger partial charge on any atom is -0.468 e. The molecule has 0 spiro atoms. The predicted octanol–water partition coefficient (Wildman–Crippen LogP) is 3.27. The third-order valence-corrected chi connectivity index (χ3v) is 3.60. The maximum absolute atomic E-state index is 5.39. The fourth-order valence-electron chi connectivity index (χ4n) is 2.50. The van der Waals surface area contributed by atoms with Crippen molar-refractivity contribution in [2.24, 2.45) is 0 Å². The van der Waals surface area contributed by atoms with Crippen molar-refractivity contribution in [3.63, 3.8) is 0 Å². The highest BCUT2D eigenvalue weighted by molar-refractivity contribution is 5.40. The molecule has 1 heterocycles. The van der Waals surface area contributed by atoms with Crippen LogP contribution in [0, 0.1) is 0 Å². The molecule has 0 fully saturated rings. The minimum absolute atomic E-state index is 0.290. The van der Waals surface area contributed by atoms with E-state index in [-0.39, 0.29) is 6.04 Å². The van der Waals surface area contributed by atoms with Gasteiger partial charge in [0.25, 0.3) is 0 Å². The molecule has 3 rings (SSSR count). The van der Waals surface area contributed by atoms with Crippen molar-refractivity contribution in [3.8, 4) is 0 Å². The summed E-state index contributed by atoms with van der Waals surface area (Å²) in [5, 5.41) is 3.53. The van der Waals surface area contributed by atoms with Gasteiger partial charge in [-0.1, -0.05) is 24.3 Å². The second-order valence-corrected chi connectivity index (χ2v) is 4.75. The second-order valence-electron chi connectivity index (χ2n) is 4.75. The van der Waals surface area contributed by atoms with E-state index < -0.39 is 0 Å². The third-order valence-electron chi connectivity index (χ3n) is 3.60. The third kappa shape index (κ3) is 2.01. The summed E-state index contributed by atoms with van der Waals surface area (Å²) in [5.41, 5.74) is 3.01. The molecule has 0 amide bonds. The van der Waals surface area contributed by atoms with Gasteiger partial charge in [0, 0.05) is 12.5 Å². The number of hydrogen-bond donors (Lipinski definition) is 1. The normalized spacial score (nSPS) is 19.5. The van der Waals surface area contributed by atoms with Crippen LogP contribution in [-0.4, -0.2) is 6.54 Å². The lowest BCUT2D eigenvalue weighted by atomic mass is 9.77. The fourth-order valence-corrected chi connectivity index (χ4v) is 2.50. The molecule has 1 aliphatic carbocycles. The lowest BCUT2D eigenvalue weighted by Gasteiger charge is -2.31. The zero-order chi connectivity index (χ0) is 11.7. The predicted molar refractivity (Wildman–Crippen MR) is 68.0 cm³/mol. The van der Waals surface area contributed by atoms with Gasteiger partial charge in [0.2, 0.25) is 0 Å². The van der Waals surface area contributed by atoms with Gasteiger partial charge in [-0.25, -0.2) is 0 Å². The molecule has 0 aliphatic heterocycles. The largest absolute Gasteiger partial charge is 0.468 e. The molecular weight excluding hydrogens is 210 g/mol. The molecule has 0 saturated heterocycles. The van der Waals surface area contributed by atoms with E-state index in [1.807, 2.05) is 12.1 Å². The van der Waals surface area contributed by atoms with Crippen LogP contribution < -0.4 is 5.32 Å². The van der Waals surface area contributed by atoms with Crippen molar-refractivity contribution in [1.82, 2.24) is 5.32 Å². The summed E-state index contributed by atoms with van der Waals surface area (Å²) in [7, 11) is 0. The Morgan fingerprint density at radius 1 is 1.29 bits per heavy atom. The maximum Gasteiger partial charge on any atom is 0.120 e. The highest BCUT2D eigenvalue weighted by Crippen LogP contribution is 2.34. The van der Waals surface area contributed by atoms with Crippen LogP contribution >= 0.6 is 0 Å². The van der Waals surface area contributed by atoms with E-state index in [2.05, 4.69) is 36.5 Å². The summed E-state index contributed by atoms with van der Waals surface area (Å²) in [5.74, 6) is 1.68. The molecule has 2 atom stereocenters. The Morgan fingerprint density at radius 2 is 2.18 bits per heavy atom. The van der Waals surface area contributed by atoms with Gasteiger partial charge in [-0.2, -0.15) is 0 Å². The zero-order valence-electron chi connectivity index (χ0n) is 10.0. The van der Waals surface area contributed by atoms with Crippen LogP contribution in [0.2, 0.25) is 0 Å². The van der Waals surface area contributed by atoms with Crippen molar-refractivity contribution in [2.45, 2.75) is 25.3 Å². The molecule has 2 nitrogen and oxygen atoms in total. The van der Waals surface area contributed by atoms with E-state index >= 15 is 0 Å². The molecule has 2 aromatic rings. The molecular formula is C15H17NO. The summed E-state index contributed by atoms with van der Waals surface area (Å²) in [6.45, 7) is 3.17. The molecule has 1 aromatic heterocycles. The molecule has 1 aliphatic rings. The summed E-state index contributed by atoms with van der Waals surface area (Å²) >= 11 is 0. The Labute approximate surface area is 102 Å². The standard InChI is InChI=1S/C15H17NO/c1-11(15-7-4-8-17-15)16-10-13-9-12-5-2-3-6-14(12)13/h2-8,11,13,16H,9-10H2,1H3. The molecule has 1 aromatic carbocycles. The quantitative estimate of drug-likeness (QED) is 0.867. The number of nitrogens with one attached hydrogen (secondary N) is 1. The first-order chi connectivity index (χ1) is 8.34. The zero-order valence-corrected chi connectivity index (χ0v) is 10.0. The first-order valence-electron chi connectivity index (χ1n) is 6.19. The molecule has 0 saturated carbocycles. The Hall–Kier alpha value is -1.54. The lowest BCUT2D eigenvalue weighted by molar-refractivity contribution is 0.411. The van der Waals surface area contributed by atoms with E-state index in [4.69, 9.17) is 4.42 Å². The Morgan fingerprint density at radius 3 is 2.94 bits per heavy atom. The van der Waals surface area contributed by atoms with Crippen molar-refractivity contribution in [1.29, 1.82) is 0 Å². The monoisotopic (exact) mass is 227 g/mol. The average Bonchev–Trinajstić information content (AvgIpc) is 2.83. The number of furan rings is 1. The van der Waals surface area contributed by atoms with Gasteiger partial charge in [0.05, 0.1) is 12.3 Å². The van der Waals surface area contributed by atoms with Crippen LogP contribution in [0.4, 0.5) is 0 Å². The van der Waals surface area contributed by atoms with Gasteiger partial charge in [0.1, 0.15) is 5.76 Å². The molecule has 0 radical (unpaired) electrons. The summed E-state index contributed by atoms with van der Waals surface area (Å²) in [6, 6.07) is 13.0. The van der Waals surface area contributed by atoms with Crippen LogP contribution in [0.25, 0.3) is 0 Å². The van der Waals surface area contributed by atoms with E-state index in [0.29, 0.717) is 5.92 Å². The SMILES string of the molecule is CC(NCC1Cc2ccccc21)c1ccco1. The molecule has 2 heteroatoms. The number of hydrogen-bond acceptors (Lipinski definition) is 2. The Bertz CT molecular complexity index is 489. The van der Waals surface area contributed by atoms with Gasteiger partial charge in [0.15, 0.2) is 0 Å². The van der Waals surface area contributed by atoms with Crippen LogP contribution in [0.15, 0.2) is 47.1 Å². The molecule has 2 unspecified atom stereocenters. The second kappa shape index (κ2) is 4.38. The van der Waals surface area contributed by atoms with E-state index in [1.165, 1.54) is 17.5 Å². The molecule has 0 bridgehead atoms. The van der Waals surface area contributed by atoms with Gasteiger partial charge in [-0.15, -0.1) is 0 Å². The van der Waals surface area contributed by atoms with Crippen LogP contribution in [0.1, 0.15) is 35.8 Å². The molecule has 17 heavy (non-hydrogen) atoms. The summed E-state index contributed by atoms with van der Waals surface area (Å²) in [4.78, 5) is 0. The Balaban J connectivity index is 1.57. The van der Waals surface area contributed by atoms with E-state index in [9.17, 15) is 0 Å². The Kier molecular flexibility index (Phi) is 2.73. The smallest absolute Gasteiger partial charge is 0.120 e.